The zero-order valence-corrected chi connectivity index (χ0v) is 11.8. The Morgan fingerprint density at radius 1 is 1.44 bits per heavy atom. The van der Waals surface area contributed by atoms with Gasteiger partial charge in [0.2, 0.25) is 0 Å². The quantitative estimate of drug-likeness (QED) is 0.384. The van der Waals surface area contributed by atoms with Crippen molar-refractivity contribution in [3.05, 3.63) is 35.9 Å². The molecule has 1 N–H and O–H groups in total. The molecule has 0 aliphatic carbocycles. The maximum atomic E-state index is 11.3. The molecule has 0 bridgehead atoms. The van der Waals surface area contributed by atoms with E-state index in [-0.39, 0.29) is 0 Å². The first kappa shape index (κ1) is 14.8. The highest BCUT2D eigenvalue weighted by molar-refractivity contribution is 7.99. The molecule has 4 heteroatoms. The Bertz CT molecular complexity index is 428. The summed E-state index contributed by atoms with van der Waals surface area (Å²) < 4.78 is 0. The van der Waals surface area contributed by atoms with Crippen LogP contribution in [0.1, 0.15) is 19.4 Å². The summed E-state index contributed by atoms with van der Waals surface area (Å²) >= 11 is 1.78. The largest absolute Gasteiger partial charge is 0.286 e. The van der Waals surface area contributed by atoms with Crippen molar-refractivity contribution < 1.29 is 10.0 Å². The number of thioether (sulfide) groups is 1. The summed E-state index contributed by atoms with van der Waals surface area (Å²) in [4.78, 5) is 12.4. The van der Waals surface area contributed by atoms with E-state index in [4.69, 9.17) is 5.21 Å². The molecule has 0 radical (unpaired) electrons. The van der Waals surface area contributed by atoms with Gasteiger partial charge in [0.25, 0.3) is 5.91 Å². The Morgan fingerprint density at radius 2 is 2.11 bits per heavy atom. The van der Waals surface area contributed by atoms with Gasteiger partial charge in [-0.2, -0.15) is 0 Å². The average molecular weight is 265 g/mol. The van der Waals surface area contributed by atoms with Crippen molar-refractivity contribution in [3.63, 3.8) is 0 Å². The number of amides is 1. The first-order valence-corrected chi connectivity index (χ1v) is 6.85. The van der Waals surface area contributed by atoms with Crippen LogP contribution in [-0.2, 0) is 4.79 Å². The second kappa shape index (κ2) is 7.24. The molecule has 1 aromatic rings. The third-order valence-electron chi connectivity index (χ3n) is 2.22. The van der Waals surface area contributed by atoms with Crippen molar-refractivity contribution in [2.75, 3.05) is 12.8 Å². The number of nitrogens with zero attached hydrogens (tertiary/aromatic N) is 1. The summed E-state index contributed by atoms with van der Waals surface area (Å²) in [6.07, 6.45) is 3.10. The van der Waals surface area contributed by atoms with Gasteiger partial charge < -0.3 is 0 Å². The molecule has 18 heavy (non-hydrogen) atoms. The number of carbonyl (C=O) groups excluding carboxylic acids is 1. The summed E-state index contributed by atoms with van der Waals surface area (Å²) in [6, 6.07) is 7.93. The number of carbonyl (C=O) groups is 1. The Morgan fingerprint density at radius 3 is 2.72 bits per heavy atom. The van der Waals surface area contributed by atoms with E-state index in [2.05, 4.69) is 13.8 Å². The van der Waals surface area contributed by atoms with Crippen LogP contribution in [0.4, 0.5) is 0 Å². The third-order valence-corrected chi connectivity index (χ3v) is 3.73. The predicted molar refractivity (Wildman–Crippen MR) is 75.6 cm³/mol. The minimum Gasteiger partial charge on any atom is -0.286 e. The summed E-state index contributed by atoms with van der Waals surface area (Å²) in [6.45, 7) is 4.35. The SMILES string of the molecule is CC(C)CSc1ccccc1C=CC(=O)N(C)O. The normalized spacial score (nSPS) is 11.2. The standard InChI is InChI=1S/C14H19NO2S/c1-11(2)10-18-13-7-5-4-6-12(13)8-9-14(16)15(3)17/h4-9,11,17H,10H2,1-3H3. The summed E-state index contributed by atoms with van der Waals surface area (Å²) in [5, 5.41) is 9.54. The van der Waals surface area contributed by atoms with Gasteiger partial charge in [-0.3, -0.25) is 10.0 Å². The monoisotopic (exact) mass is 265 g/mol. The second-order valence-corrected chi connectivity index (χ2v) is 5.50. The van der Waals surface area contributed by atoms with Crippen LogP contribution in [0.15, 0.2) is 35.2 Å². The fraction of sp³-hybridized carbons (Fsp3) is 0.357. The van der Waals surface area contributed by atoms with Crippen molar-refractivity contribution in [3.8, 4) is 0 Å². The van der Waals surface area contributed by atoms with Crippen molar-refractivity contribution in [1.82, 2.24) is 5.06 Å². The average Bonchev–Trinajstić information content (AvgIpc) is 2.34. The van der Waals surface area contributed by atoms with Crippen LogP contribution in [-0.4, -0.2) is 29.0 Å². The lowest BCUT2D eigenvalue weighted by Gasteiger charge is -2.08. The molecule has 0 saturated heterocycles. The minimum absolute atomic E-state index is 0.432. The smallest absolute Gasteiger partial charge is 0.269 e. The molecule has 0 atom stereocenters. The molecule has 0 spiro atoms. The number of hydroxylamine groups is 2. The summed E-state index contributed by atoms with van der Waals surface area (Å²) in [5.41, 5.74) is 0.998. The van der Waals surface area contributed by atoms with Gasteiger partial charge in [0.15, 0.2) is 0 Å². The first-order valence-electron chi connectivity index (χ1n) is 5.87. The number of benzene rings is 1. The van der Waals surface area contributed by atoms with Crippen molar-refractivity contribution in [2.24, 2.45) is 5.92 Å². The lowest BCUT2D eigenvalue weighted by atomic mass is 10.2. The van der Waals surface area contributed by atoms with Gasteiger partial charge in [-0.15, -0.1) is 11.8 Å². The molecule has 0 unspecified atom stereocenters. The molecule has 0 aliphatic heterocycles. The molecule has 1 rings (SSSR count). The zero-order chi connectivity index (χ0) is 13.5. The molecular formula is C14H19NO2S. The van der Waals surface area contributed by atoms with E-state index >= 15 is 0 Å². The van der Waals surface area contributed by atoms with E-state index in [0.29, 0.717) is 11.0 Å². The molecule has 0 saturated carbocycles. The molecule has 1 aromatic carbocycles. The maximum absolute atomic E-state index is 11.3. The van der Waals surface area contributed by atoms with Crippen molar-refractivity contribution >= 4 is 23.7 Å². The Labute approximate surface area is 112 Å². The molecule has 0 aliphatic rings. The minimum atomic E-state index is -0.432. The van der Waals surface area contributed by atoms with Crippen LogP contribution in [0.5, 0.6) is 0 Å². The highest BCUT2D eigenvalue weighted by Gasteiger charge is 2.03. The van der Waals surface area contributed by atoms with E-state index in [9.17, 15) is 4.79 Å². The lowest BCUT2D eigenvalue weighted by molar-refractivity contribution is -0.153. The summed E-state index contributed by atoms with van der Waals surface area (Å²) in [5.74, 6) is 1.23. The number of hydrogen-bond donors (Lipinski definition) is 1. The highest BCUT2D eigenvalue weighted by Crippen LogP contribution is 2.25. The van der Waals surface area contributed by atoms with Gasteiger partial charge in [-0.05, 0) is 23.6 Å². The highest BCUT2D eigenvalue weighted by atomic mass is 32.2. The molecule has 0 fully saturated rings. The van der Waals surface area contributed by atoms with Crippen LogP contribution in [0, 0.1) is 5.92 Å². The molecular weight excluding hydrogens is 246 g/mol. The predicted octanol–water partition coefficient (Wildman–Crippen LogP) is 3.30. The van der Waals surface area contributed by atoms with E-state index in [1.165, 1.54) is 13.1 Å². The van der Waals surface area contributed by atoms with Gasteiger partial charge in [0, 0.05) is 23.8 Å². The zero-order valence-electron chi connectivity index (χ0n) is 11.0. The number of likely N-dealkylation sites (N-methyl/N-ethyl adjacent to an activating group) is 1. The van der Waals surface area contributed by atoms with Gasteiger partial charge in [-0.25, -0.2) is 5.06 Å². The van der Waals surface area contributed by atoms with E-state index in [1.54, 1.807) is 17.8 Å². The van der Waals surface area contributed by atoms with Crippen LogP contribution < -0.4 is 0 Å². The van der Waals surface area contributed by atoms with Gasteiger partial charge in [-0.1, -0.05) is 32.0 Å². The Hall–Kier alpha value is -1.26. The van der Waals surface area contributed by atoms with Gasteiger partial charge in [0.05, 0.1) is 0 Å². The topological polar surface area (TPSA) is 40.5 Å². The number of rotatable bonds is 5. The first-order chi connectivity index (χ1) is 8.50. The van der Waals surface area contributed by atoms with Crippen molar-refractivity contribution in [2.45, 2.75) is 18.7 Å². The maximum Gasteiger partial charge on any atom is 0.269 e. The Balaban J connectivity index is 2.79. The van der Waals surface area contributed by atoms with Crippen LogP contribution >= 0.6 is 11.8 Å². The van der Waals surface area contributed by atoms with E-state index in [1.807, 2.05) is 24.3 Å². The van der Waals surface area contributed by atoms with Crippen LogP contribution in [0.3, 0.4) is 0 Å². The lowest BCUT2D eigenvalue weighted by Crippen LogP contribution is -2.19. The van der Waals surface area contributed by atoms with Crippen molar-refractivity contribution in [1.29, 1.82) is 0 Å². The van der Waals surface area contributed by atoms with Gasteiger partial charge in [0.1, 0.15) is 0 Å². The molecule has 0 aromatic heterocycles. The summed E-state index contributed by atoms with van der Waals surface area (Å²) in [7, 11) is 1.31. The Kier molecular flexibility index (Phi) is 5.95. The van der Waals surface area contributed by atoms with E-state index < -0.39 is 5.91 Å². The second-order valence-electron chi connectivity index (χ2n) is 4.44. The third kappa shape index (κ3) is 4.94. The number of hydrogen-bond acceptors (Lipinski definition) is 3. The van der Waals surface area contributed by atoms with Crippen LogP contribution in [0.25, 0.3) is 6.08 Å². The van der Waals surface area contributed by atoms with E-state index in [0.717, 1.165) is 16.2 Å². The fourth-order valence-corrected chi connectivity index (χ4v) is 2.27. The van der Waals surface area contributed by atoms with Gasteiger partial charge >= 0.3 is 0 Å². The molecule has 98 valence electrons. The van der Waals surface area contributed by atoms with Crippen LogP contribution in [0.2, 0.25) is 0 Å². The molecule has 1 amide bonds. The molecule has 3 nitrogen and oxygen atoms in total. The fourth-order valence-electron chi connectivity index (χ4n) is 1.28. The molecule has 0 heterocycles.